The van der Waals surface area contributed by atoms with Gasteiger partial charge >= 0.3 is 6.18 Å². The summed E-state index contributed by atoms with van der Waals surface area (Å²) in [5.41, 5.74) is 1.00. The molecule has 2 amide bonds. The van der Waals surface area contributed by atoms with E-state index in [4.69, 9.17) is 11.6 Å². The van der Waals surface area contributed by atoms with Crippen molar-refractivity contribution in [1.82, 2.24) is 40.3 Å². The van der Waals surface area contributed by atoms with Crippen molar-refractivity contribution >= 4 is 45.0 Å². The number of nitrogens with zero attached hydrogens (tertiary/aromatic N) is 7. The van der Waals surface area contributed by atoms with Crippen molar-refractivity contribution in [2.45, 2.75) is 19.6 Å². The van der Waals surface area contributed by atoms with E-state index in [9.17, 15) is 22.8 Å². The van der Waals surface area contributed by atoms with Gasteiger partial charge in [-0.05, 0) is 64.0 Å². The molecule has 4 rings (SSSR count). The van der Waals surface area contributed by atoms with Gasteiger partial charge in [-0.3, -0.25) is 9.59 Å². The van der Waals surface area contributed by atoms with E-state index < -0.39 is 23.8 Å². The third-order valence-electron chi connectivity index (χ3n) is 4.95. The number of aromatic nitrogens is 7. The number of hydrogen-bond acceptors (Lipinski definition) is 7. The number of anilines is 1. The molecular weight excluding hydrogens is 583 g/mol. The van der Waals surface area contributed by atoms with E-state index in [1.807, 2.05) is 0 Å². The van der Waals surface area contributed by atoms with Gasteiger partial charge in [0.15, 0.2) is 5.82 Å². The first-order chi connectivity index (χ1) is 17.5. The van der Waals surface area contributed by atoms with Crippen LogP contribution in [0.1, 0.15) is 37.9 Å². The number of alkyl halides is 3. The molecule has 0 bridgehead atoms. The molecule has 11 nitrogen and oxygen atoms in total. The number of aryl methyl sites for hydroxylation is 1. The predicted molar refractivity (Wildman–Crippen MR) is 129 cm³/mol. The van der Waals surface area contributed by atoms with E-state index in [1.54, 1.807) is 25.1 Å². The van der Waals surface area contributed by atoms with Gasteiger partial charge in [-0.2, -0.15) is 23.1 Å². The molecule has 0 aliphatic rings. The van der Waals surface area contributed by atoms with Gasteiger partial charge in [-0.1, -0.05) is 11.6 Å². The zero-order valence-electron chi connectivity index (χ0n) is 19.0. The molecule has 0 aliphatic heterocycles. The van der Waals surface area contributed by atoms with Gasteiger partial charge < -0.3 is 10.6 Å². The van der Waals surface area contributed by atoms with Crippen LogP contribution in [0.4, 0.5) is 18.9 Å². The lowest BCUT2D eigenvalue weighted by Crippen LogP contribution is -2.23. The lowest BCUT2D eigenvalue weighted by Gasteiger charge is -2.14. The second-order valence-electron chi connectivity index (χ2n) is 7.56. The molecule has 3 heterocycles. The first-order valence-electron chi connectivity index (χ1n) is 10.4. The topological polar surface area (TPSA) is 133 Å². The summed E-state index contributed by atoms with van der Waals surface area (Å²) in [6.07, 6.45) is -3.29. The molecule has 0 unspecified atom stereocenters. The summed E-state index contributed by atoms with van der Waals surface area (Å²) in [6, 6.07) is 7.67. The highest BCUT2D eigenvalue weighted by Gasteiger charge is 2.37. The van der Waals surface area contributed by atoms with Crippen molar-refractivity contribution in [2.24, 2.45) is 0 Å². The zero-order valence-corrected chi connectivity index (χ0v) is 21.3. The Balaban J connectivity index is 1.75. The normalized spacial score (nSPS) is 11.4. The molecule has 2 N–H and O–H groups in total. The lowest BCUT2D eigenvalue weighted by molar-refractivity contribution is -0.145. The zero-order chi connectivity index (χ0) is 26.9. The van der Waals surface area contributed by atoms with Gasteiger partial charge in [-0.15, -0.1) is 10.2 Å². The van der Waals surface area contributed by atoms with E-state index in [0.717, 1.165) is 0 Å². The molecule has 0 radical (unpaired) electrons. The summed E-state index contributed by atoms with van der Waals surface area (Å²) in [5.74, 6) is -2.31. The average Bonchev–Trinajstić information content (AvgIpc) is 3.48. The summed E-state index contributed by atoms with van der Waals surface area (Å²) < 4.78 is 40.3. The van der Waals surface area contributed by atoms with E-state index in [2.05, 4.69) is 52.1 Å². The van der Waals surface area contributed by atoms with Crippen molar-refractivity contribution in [3.8, 4) is 5.82 Å². The van der Waals surface area contributed by atoms with Crippen LogP contribution < -0.4 is 10.6 Å². The second kappa shape index (κ2) is 10.3. The molecule has 0 saturated carbocycles. The van der Waals surface area contributed by atoms with Crippen LogP contribution in [0.25, 0.3) is 5.82 Å². The van der Waals surface area contributed by atoms with E-state index in [0.29, 0.717) is 19.9 Å². The third kappa shape index (κ3) is 5.61. The Kier molecular flexibility index (Phi) is 7.27. The molecule has 0 atom stereocenters. The fourth-order valence-electron chi connectivity index (χ4n) is 3.33. The number of carbonyl (C=O) groups excluding carboxylic acids is 2. The van der Waals surface area contributed by atoms with Crippen LogP contribution in [-0.2, 0) is 12.7 Å². The minimum absolute atomic E-state index is 0.0252. The maximum atomic E-state index is 13.4. The Morgan fingerprint density at radius 1 is 1.16 bits per heavy atom. The predicted octanol–water partition coefficient (Wildman–Crippen LogP) is 3.66. The molecule has 0 spiro atoms. The number of carbonyl (C=O) groups is 2. The van der Waals surface area contributed by atoms with Gasteiger partial charge in [0.25, 0.3) is 17.6 Å². The molecular formula is C21H16BrClF3N9O2. The van der Waals surface area contributed by atoms with Gasteiger partial charge in [0, 0.05) is 18.3 Å². The Labute approximate surface area is 220 Å². The third-order valence-corrected chi connectivity index (χ3v) is 5.79. The molecule has 1 aromatic carbocycles. The standard InChI is InChI=1S/C21H16BrClF3N9O2/c1-10-6-11(23)7-13(18(36)27-2)16(10)29-19(37)15-8-12(9-34-32-20(30-33-34)21(24,25)26)31-35(15)17-14(22)4-3-5-28-17/h3-8H,9H2,1-2H3,(H,27,36)(H,29,37). The summed E-state index contributed by atoms with van der Waals surface area (Å²) in [6.45, 7) is 1.35. The maximum absolute atomic E-state index is 13.4. The number of tetrazole rings is 1. The van der Waals surface area contributed by atoms with Crippen LogP contribution >= 0.6 is 27.5 Å². The summed E-state index contributed by atoms with van der Waals surface area (Å²) in [5, 5.41) is 19.6. The maximum Gasteiger partial charge on any atom is 0.455 e. The Morgan fingerprint density at radius 2 is 1.92 bits per heavy atom. The lowest BCUT2D eigenvalue weighted by atomic mass is 10.1. The average molecular weight is 599 g/mol. The van der Waals surface area contributed by atoms with Crippen LogP contribution in [0.2, 0.25) is 5.02 Å². The van der Waals surface area contributed by atoms with Crippen LogP contribution in [0.3, 0.4) is 0 Å². The first kappa shape index (κ1) is 26.2. The minimum atomic E-state index is -4.76. The summed E-state index contributed by atoms with van der Waals surface area (Å²) in [4.78, 5) is 30.8. The van der Waals surface area contributed by atoms with Crippen LogP contribution in [0.5, 0.6) is 0 Å². The second-order valence-corrected chi connectivity index (χ2v) is 8.85. The molecule has 16 heteroatoms. The van der Waals surface area contributed by atoms with Gasteiger partial charge in [0.1, 0.15) is 12.2 Å². The monoisotopic (exact) mass is 597 g/mol. The summed E-state index contributed by atoms with van der Waals surface area (Å²) >= 11 is 9.46. The Hall–Kier alpha value is -3.85. The number of nitrogens with one attached hydrogen (secondary N) is 2. The Bertz CT molecular complexity index is 1500. The van der Waals surface area contributed by atoms with Crippen LogP contribution in [-0.4, -0.2) is 53.8 Å². The van der Waals surface area contributed by atoms with E-state index >= 15 is 0 Å². The molecule has 37 heavy (non-hydrogen) atoms. The van der Waals surface area contributed by atoms with Gasteiger partial charge in [0.05, 0.1) is 21.4 Å². The molecule has 0 saturated heterocycles. The van der Waals surface area contributed by atoms with Crippen LogP contribution in [0, 0.1) is 6.92 Å². The number of pyridine rings is 1. The fraction of sp³-hybridized carbons (Fsp3) is 0.190. The molecule has 4 aromatic rings. The number of benzene rings is 1. The quantitative estimate of drug-likeness (QED) is 0.346. The van der Waals surface area contributed by atoms with Gasteiger partial charge in [0.2, 0.25) is 0 Å². The largest absolute Gasteiger partial charge is 0.455 e. The molecule has 3 aromatic heterocycles. The van der Waals surface area contributed by atoms with Crippen molar-refractivity contribution in [2.75, 3.05) is 12.4 Å². The van der Waals surface area contributed by atoms with Gasteiger partial charge in [-0.25, -0.2) is 9.67 Å². The highest BCUT2D eigenvalue weighted by molar-refractivity contribution is 9.10. The number of amides is 2. The van der Waals surface area contributed by atoms with Crippen molar-refractivity contribution in [1.29, 1.82) is 0 Å². The van der Waals surface area contributed by atoms with Crippen molar-refractivity contribution in [3.05, 3.63) is 74.4 Å². The van der Waals surface area contributed by atoms with Crippen LogP contribution in [0.15, 0.2) is 41.0 Å². The van der Waals surface area contributed by atoms with Crippen molar-refractivity contribution in [3.63, 3.8) is 0 Å². The Morgan fingerprint density at radius 3 is 2.57 bits per heavy atom. The van der Waals surface area contributed by atoms with E-state index in [1.165, 1.54) is 30.1 Å². The molecule has 0 aliphatic carbocycles. The van der Waals surface area contributed by atoms with Crippen molar-refractivity contribution < 1.29 is 22.8 Å². The first-order valence-corrected chi connectivity index (χ1v) is 11.5. The summed E-state index contributed by atoms with van der Waals surface area (Å²) in [7, 11) is 1.44. The minimum Gasteiger partial charge on any atom is -0.355 e. The van der Waals surface area contributed by atoms with E-state index in [-0.39, 0.29) is 35.0 Å². The highest BCUT2D eigenvalue weighted by Crippen LogP contribution is 2.28. The SMILES string of the molecule is CNC(=O)c1cc(Cl)cc(C)c1NC(=O)c1cc(Cn2nnc(C(F)(F)F)n2)nn1-c1ncccc1Br. The fourth-order valence-corrected chi connectivity index (χ4v) is 4.03. The molecule has 192 valence electrons. The number of hydrogen-bond donors (Lipinski definition) is 2. The smallest absolute Gasteiger partial charge is 0.355 e. The number of halogens is 5. The molecule has 0 fully saturated rings. The highest BCUT2D eigenvalue weighted by atomic mass is 79.9. The number of rotatable bonds is 6.